The molecule has 0 aliphatic rings. The SMILES string of the molecule is CC(=O)c1ccc(Cl)cc1-c1cc(=O)n(CC(=O)Nc2ccc(C(=O)O)cc2)cc1OC(O)(O)O. The number of anilines is 1. The van der Waals surface area contributed by atoms with Crippen molar-refractivity contribution in [3.8, 4) is 16.9 Å². The summed E-state index contributed by atoms with van der Waals surface area (Å²) in [5, 5.41) is 39.7. The third-order valence-electron chi connectivity index (χ3n) is 4.72. The van der Waals surface area contributed by atoms with Crippen molar-refractivity contribution in [2.24, 2.45) is 0 Å². The van der Waals surface area contributed by atoms with Crippen molar-refractivity contribution in [1.82, 2.24) is 4.57 Å². The number of amides is 1. The first-order chi connectivity index (χ1) is 16.3. The molecule has 0 fully saturated rings. The van der Waals surface area contributed by atoms with Gasteiger partial charge in [0, 0.05) is 27.9 Å². The number of ether oxygens (including phenoxy) is 1. The average Bonchev–Trinajstić information content (AvgIpc) is 2.74. The summed E-state index contributed by atoms with van der Waals surface area (Å²) in [4.78, 5) is 48.2. The molecule has 182 valence electrons. The number of aliphatic hydroxyl groups is 3. The highest BCUT2D eigenvalue weighted by molar-refractivity contribution is 6.31. The second-order valence-electron chi connectivity index (χ2n) is 7.37. The quantitative estimate of drug-likeness (QED) is 0.226. The van der Waals surface area contributed by atoms with Gasteiger partial charge in [-0.25, -0.2) is 4.79 Å². The second-order valence-corrected chi connectivity index (χ2v) is 7.81. The van der Waals surface area contributed by atoms with Crippen molar-refractivity contribution >= 4 is 34.9 Å². The number of rotatable bonds is 8. The lowest BCUT2D eigenvalue weighted by Gasteiger charge is -2.20. The summed E-state index contributed by atoms with van der Waals surface area (Å²) in [6, 6.07) is 10.5. The van der Waals surface area contributed by atoms with E-state index in [1.165, 1.54) is 49.4 Å². The lowest BCUT2D eigenvalue weighted by Crippen LogP contribution is -2.36. The Morgan fingerprint density at radius 2 is 1.69 bits per heavy atom. The number of carboxylic acid groups (broad SMARTS) is 1. The molecule has 2 aromatic carbocycles. The Kier molecular flexibility index (Phi) is 7.37. The van der Waals surface area contributed by atoms with Gasteiger partial charge in [0.25, 0.3) is 5.56 Å². The number of ketones is 1. The minimum atomic E-state index is -3.64. The fraction of sp³-hybridized carbons (Fsp3) is 0.130. The first-order valence-electron chi connectivity index (χ1n) is 9.89. The zero-order valence-electron chi connectivity index (χ0n) is 18.1. The molecule has 0 spiro atoms. The molecule has 0 saturated heterocycles. The maximum absolute atomic E-state index is 12.8. The second kappa shape index (κ2) is 10.1. The van der Waals surface area contributed by atoms with Crippen LogP contribution in [0.5, 0.6) is 5.75 Å². The predicted octanol–water partition coefficient (Wildman–Crippen LogP) is 1.68. The molecule has 3 rings (SSSR count). The molecule has 5 N–H and O–H groups in total. The van der Waals surface area contributed by atoms with Crippen molar-refractivity contribution < 1.29 is 39.5 Å². The molecule has 1 aromatic heterocycles. The van der Waals surface area contributed by atoms with Crippen molar-refractivity contribution in [3.05, 3.63) is 81.2 Å². The van der Waals surface area contributed by atoms with Crippen LogP contribution in [0.25, 0.3) is 11.1 Å². The summed E-state index contributed by atoms with van der Waals surface area (Å²) in [6.07, 6.45) is -2.69. The van der Waals surface area contributed by atoms with Gasteiger partial charge in [0.2, 0.25) is 5.91 Å². The van der Waals surface area contributed by atoms with Gasteiger partial charge in [0.15, 0.2) is 11.5 Å². The number of benzene rings is 2. The smallest absolute Gasteiger partial charge is 0.453 e. The van der Waals surface area contributed by atoms with Crippen LogP contribution in [-0.2, 0) is 11.3 Å². The summed E-state index contributed by atoms with van der Waals surface area (Å²) >= 11 is 6.03. The molecule has 35 heavy (non-hydrogen) atoms. The first-order valence-corrected chi connectivity index (χ1v) is 10.3. The summed E-state index contributed by atoms with van der Waals surface area (Å²) in [7, 11) is 0. The summed E-state index contributed by atoms with van der Waals surface area (Å²) < 4.78 is 5.62. The number of hydrogen-bond acceptors (Lipinski definition) is 8. The molecule has 1 amide bonds. The molecular formula is C23H19ClN2O9. The Balaban J connectivity index is 1.99. The molecule has 0 aliphatic heterocycles. The average molecular weight is 503 g/mol. The molecule has 0 aliphatic carbocycles. The first kappa shape index (κ1) is 25.6. The van der Waals surface area contributed by atoms with E-state index in [0.29, 0.717) is 0 Å². The van der Waals surface area contributed by atoms with Gasteiger partial charge in [-0.15, -0.1) is 0 Å². The molecule has 1 heterocycles. The van der Waals surface area contributed by atoms with E-state index in [9.17, 15) is 34.5 Å². The van der Waals surface area contributed by atoms with Gasteiger partial charge >= 0.3 is 12.1 Å². The number of halogens is 1. The van der Waals surface area contributed by atoms with Crippen molar-refractivity contribution in [2.75, 3.05) is 5.32 Å². The molecule has 0 unspecified atom stereocenters. The van der Waals surface area contributed by atoms with Crippen LogP contribution in [0.15, 0.2) is 59.5 Å². The van der Waals surface area contributed by atoms with Crippen LogP contribution in [0, 0.1) is 0 Å². The molecular weight excluding hydrogens is 484 g/mol. The molecule has 11 nitrogen and oxygen atoms in total. The number of carboxylic acids is 1. The van der Waals surface area contributed by atoms with Gasteiger partial charge in [0.1, 0.15) is 6.54 Å². The molecule has 0 radical (unpaired) electrons. The number of aromatic carboxylic acids is 1. The van der Waals surface area contributed by atoms with Crippen LogP contribution >= 0.6 is 11.6 Å². The highest BCUT2D eigenvalue weighted by Gasteiger charge is 2.26. The monoisotopic (exact) mass is 502 g/mol. The predicted molar refractivity (Wildman–Crippen MR) is 123 cm³/mol. The number of carbonyl (C=O) groups is 3. The lowest BCUT2D eigenvalue weighted by molar-refractivity contribution is -0.419. The zero-order chi connectivity index (χ0) is 25.9. The van der Waals surface area contributed by atoms with E-state index in [2.05, 4.69) is 5.32 Å². The number of pyridine rings is 1. The third kappa shape index (κ3) is 6.52. The van der Waals surface area contributed by atoms with E-state index in [-0.39, 0.29) is 38.7 Å². The molecule has 3 aromatic rings. The molecule has 0 saturated carbocycles. The van der Waals surface area contributed by atoms with E-state index in [1.807, 2.05) is 0 Å². The summed E-state index contributed by atoms with van der Waals surface area (Å²) in [5.41, 5.74) is -0.271. The van der Waals surface area contributed by atoms with Gasteiger partial charge in [0.05, 0.1) is 11.8 Å². The van der Waals surface area contributed by atoms with E-state index in [0.717, 1.165) is 16.8 Å². The van der Waals surface area contributed by atoms with Crippen LogP contribution in [0.1, 0.15) is 27.6 Å². The summed E-state index contributed by atoms with van der Waals surface area (Å²) in [5.74, 6) is -2.64. The molecule has 0 bridgehead atoms. The number of carbonyl (C=O) groups excluding carboxylic acids is 2. The fourth-order valence-electron chi connectivity index (χ4n) is 3.21. The van der Waals surface area contributed by atoms with Crippen LogP contribution in [0.3, 0.4) is 0 Å². The zero-order valence-corrected chi connectivity index (χ0v) is 18.8. The van der Waals surface area contributed by atoms with Crippen molar-refractivity contribution in [2.45, 2.75) is 19.6 Å². The highest BCUT2D eigenvalue weighted by Crippen LogP contribution is 2.34. The van der Waals surface area contributed by atoms with E-state index in [4.69, 9.17) is 21.4 Å². The maximum atomic E-state index is 12.8. The lowest BCUT2D eigenvalue weighted by atomic mass is 9.97. The summed E-state index contributed by atoms with van der Waals surface area (Å²) in [6.45, 7) is 0.719. The number of nitrogens with one attached hydrogen (secondary N) is 1. The number of nitrogens with zero attached hydrogens (tertiary/aromatic N) is 1. The van der Waals surface area contributed by atoms with Crippen LogP contribution < -0.4 is 15.6 Å². The van der Waals surface area contributed by atoms with Crippen molar-refractivity contribution in [3.63, 3.8) is 0 Å². The van der Waals surface area contributed by atoms with Crippen LogP contribution in [0.4, 0.5) is 5.69 Å². The maximum Gasteiger partial charge on any atom is 0.453 e. The Morgan fingerprint density at radius 3 is 2.26 bits per heavy atom. The van der Waals surface area contributed by atoms with E-state index in [1.54, 1.807) is 0 Å². The normalized spacial score (nSPS) is 11.1. The van der Waals surface area contributed by atoms with E-state index < -0.39 is 35.9 Å². The fourth-order valence-corrected chi connectivity index (χ4v) is 3.38. The van der Waals surface area contributed by atoms with Crippen LogP contribution in [-0.4, -0.2) is 48.8 Å². The Bertz CT molecular complexity index is 1360. The molecule has 12 heteroatoms. The largest absolute Gasteiger partial charge is 0.478 e. The van der Waals surface area contributed by atoms with E-state index >= 15 is 0 Å². The van der Waals surface area contributed by atoms with Gasteiger partial charge < -0.3 is 35.0 Å². The van der Waals surface area contributed by atoms with Crippen molar-refractivity contribution in [1.29, 1.82) is 0 Å². The Labute approximate surface area is 202 Å². The topological polar surface area (TPSA) is 175 Å². The third-order valence-corrected chi connectivity index (χ3v) is 4.95. The molecule has 0 atom stereocenters. The van der Waals surface area contributed by atoms with Gasteiger partial charge in [-0.2, -0.15) is 0 Å². The van der Waals surface area contributed by atoms with Gasteiger partial charge in [-0.05, 0) is 55.0 Å². The Morgan fingerprint density at radius 1 is 1.03 bits per heavy atom. The highest BCUT2D eigenvalue weighted by atomic mass is 35.5. The van der Waals surface area contributed by atoms with Gasteiger partial charge in [-0.3, -0.25) is 14.4 Å². The number of aromatic nitrogens is 1. The minimum absolute atomic E-state index is 0.0167. The minimum Gasteiger partial charge on any atom is -0.478 e. The number of Topliss-reactive ketones (excluding diaryl/α,β-unsaturated/α-hetero) is 1. The Hall–Kier alpha value is -4.03. The number of hydrogen-bond donors (Lipinski definition) is 5. The van der Waals surface area contributed by atoms with Gasteiger partial charge in [-0.1, -0.05) is 11.6 Å². The standard InChI is InChI=1S/C23H19ClN2O9/c1-12(27)16-7-4-14(24)8-17(16)18-9-21(29)26(10-19(18)35-23(32,33)34)11-20(28)25-15-5-2-13(3-6-15)22(30)31/h2-10,32-34H,11H2,1H3,(H,25,28)(H,30,31). The van der Waals surface area contributed by atoms with Crippen LogP contribution in [0.2, 0.25) is 5.02 Å².